The zero-order valence-corrected chi connectivity index (χ0v) is 17.7. The Morgan fingerprint density at radius 3 is 2.55 bits per heavy atom. The third kappa shape index (κ3) is 6.09. The molecule has 3 rings (SSSR count). The van der Waals surface area contributed by atoms with Gasteiger partial charge in [-0.25, -0.2) is 4.98 Å². The quantitative estimate of drug-likeness (QED) is 0.519. The fourth-order valence-electron chi connectivity index (χ4n) is 2.85. The van der Waals surface area contributed by atoms with Crippen molar-refractivity contribution in [3.63, 3.8) is 0 Å². The number of H-pyrrole nitrogens is 1. The first kappa shape index (κ1) is 20.9. The fourth-order valence-corrected chi connectivity index (χ4v) is 3.58. The minimum absolute atomic E-state index is 0.00800. The molecular formula is C22H26N4O2S. The van der Waals surface area contributed by atoms with E-state index >= 15 is 0 Å². The van der Waals surface area contributed by atoms with Crippen LogP contribution in [0.5, 0.6) is 5.75 Å². The van der Waals surface area contributed by atoms with E-state index in [1.54, 1.807) is 7.11 Å². The number of thioether (sulfide) groups is 1. The summed E-state index contributed by atoms with van der Waals surface area (Å²) in [4.78, 5) is 17.0. The van der Waals surface area contributed by atoms with Gasteiger partial charge in [-0.1, -0.05) is 42.1 Å². The zero-order chi connectivity index (χ0) is 20.6. The van der Waals surface area contributed by atoms with E-state index in [1.165, 1.54) is 17.3 Å². The highest BCUT2D eigenvalue weighted by Crippen LogP contribution is 2.24. The monoisotopic (exact) mass is 410 g/mol. The summed E-state index contributed by atoms with van der Waals surface area (Å²) in [5.74, 6) is 1.44. The highest BCUT2D eigenvalue weighted by molar-refractivity contribution is 8.00. The predicted molar refractivity (Wildman–Crippen MR) is 116 cm³/mol. The highest BCUT2D eigenvalue weighted by Gasteiger charge is 2.19. The molecule has 0 saturated heterocycles. The molecule has 7 heteroatoms. The summed E-state index contributed by atoms with van der Waals surface area (Å²) in [6, 6.07) is 18.0. The number of aromatic amines is 1. The smallest absolute Gasteiger partial charge is 0.233 e. The van der Waals surface area contributed by atoms with Crippen molar-refractivity contribution in [3.8, 4) is 17.1 Å². The Kier molecular flexibility index (Phi) is 7.30. The largest absolute Gasteiger partial charge is 0.497 e. The van der Waals surface area contributed by atoms with E-state index < -0.39 is 0 Å². The molecule has 3 aromatic rings. The third-order valence-corrected chi connectivity index (χ3v) is 5.54. The van der Waals surface area contributed by atoms with E-state index in [-0.39, 0.29) is 17.2 Å². The van der Waals surface area contributed by atoms with Gasteiger partial charge in [0, 0.05) is 11.6 Å². The molecule has 0 fully saturated rings. The molecule has 0 saturated carbocycles. The van der Waals surface area contributed by atoms with Gasteiger partial charge in [0.2, 0.25) is 11.1 Å². The number of methoxy groups -OCH3 is 1. The number of rotatable bonds is 9. The van der Waals surface area contributed by atoms with Gasteiger partial charge in [-0.05, 0) is 56.5 Å². The van der Waals surface area contributed by atoms with E-state index in [0.29, 0.717) is 11.0 Å². The second-order valence-corrected chi connectivity index (χ2v) is 8.20. The number of hydrogen-bond acceptors (Lipinski definition) is 5. The molecule has 0 spiro atoms. The second kappa shape index (κ2) is 10.1. The Labute approximate surface area is 175 Å². The van der Waals surface area contributed by atoms with Gasteiger partial charge in [-0.3, -0.25) is 9.89 Å². The Balaban J connectivity index is 1.49. The van der Waals surface area contributed by atoms with E-state index in [1.807, 2.05) is 56.3 Å². The average Bonchev–Trinajstić information content (AvgIpc) is 3.21. The molecule has 2 atom stereocenters. The van der Waals surface area contributed by atoms with Crippen molar-refractivity contribution in [2.24, 2.45) is 0 Å². The molecule has 0 aliphatic heterocycles. The SMILES string of the molecule is COc1ccc(-c2nc(SC(C)C(=O)NC(C)CCc3ccccc3)n[nH]2)cc1. The third-order valence-electron chi connectivity index (χ3n) is 4.58. The number of ether oxygens (including phenoxy) is 1. The van der Waals surface area contributed by atoms with Gasteiger partial charge in [-0.15, -0.1) is 5.10 Å². The molecule has 2 unspecified atom stereocenters. The molecular weight excluding hydrogens is 384 g/mol. The van der Waals surface area contributed by atoms with E-state index in [2.05, 4.69) is 32.6 Å². The average molecular weight is 411 g/mol. The van der Waals surface area contributed by atoms with Crippen molar-refractivity contribution in [1.29, 1.82) is 0 Å². The number of carbonyl (C=O) groups excluding carboxylic acids is 1. The number of carbonyl (C=O) groups is 1. The van der Waals surface area contributed by atoms with Crippen LogP contribution >= 0.6 is 11.8 Å². The number of aromatic nitrogens is 3. The molecule has 29 heavy (non-hydrogen) atoms. The topological polar surface area (TPSA) is 79.9 Å². The Morgan fingerprint density at radius 2 is 1.86 bits per heavy atom. The first-order chi connectivity index (χ1) is 14.0. The normalized spacial score (nSPS) is 12.9. The Bertz CT molecular complexity index is 912. The van der Waals surface area contributed by atoms with Gasteiger partial charge in [0.05, 0.1) is 12.4 Å². The number of hydrogen-bond donors (Lipinski definition) is 2. The lowest BCUT2D eigenvalue weighted by atomic mass is 10.1. The van der Waals surface area contributed by atoms with Crippen LogP contribution in [0.25, 0.3) is 11.4 Å². The summed E-state index contributed by atoms with van der Waals surface area (Å²) in [6.07, 6.45) is 1.84. The van der Waals surface area contributed by atoms with Crippen molar-refractivity contribution in [1.82, 2.24) is 20.5 Å². The van der Waals surface area contributed by atoms with Gasteiger partial charge >= 0.3 is 0 Å². The van der Waals surface area contributed by atoms with Crippen molar-refractivity contribution < 1.29 is 9.53 Å². The van der Waals surface area contributed by atoms with Crippen LogP contribution in [0.2, 0.25) is 0 Å². The van der Waals surface area contributed by atoms with Crippen LogP contribution in [0.3, 0.4) is 0 Å². The molecule has 2 N–H and O–H groups in total. The maximum atomic E-state index is 12.5. The van der Waals surface area contributed by atoms with Crippen molar-refractivity contribution in [2.45, 2.75) is 43.1 Å². The lowest BCUT2D eigenvalue weighted by Gasteiger charge is -2.16. The molecule has 1 heterocycles. The van der Waals surface area contributed by atoms with Gasteiger partial charge in [0.15, 0.2) is 5.82 Å². The van der Waals surface area contributed by atoms with E-state index in [0.717, 1.165) is 24.2 Å². The van der Waals surface area contributed by atoms with Crippen LogP contribution in [-0.2, 0) is 11.2 Å². The molecule has 0 aliphatic carbocycles. The standard InChI is InChI=1S/C22H26N4O2S/c1-15(9-10-17-7-5-4-6-8-17)23-21(27)16(2)29-22-24-20(25-26-22)18-11-13-19(28-3)14-12-18/h4-8,11-16H,9-10H2,1-3H3,(H,23,27)(H,24,25,26). The Morgan fingerprint density at radius 1 is 1.14 bits per heavy atom. The van der Waals surface area contributed by atoms with Crippen molar-refractivity contribution in [3.05, 3.63) is 60.2 Å². The van der Waals surface area contributed by atoms with Crippen LogP contribution < -0.4 is 10.1 Å². The van der Waals surface area contributed by atoms with Crippen LogP contribution in [-0.4, -0.2) is 39.5 Å². The summed E-state index contributed by atoms with van der Waals surface area (Å²) in [5.41, 5.74) is 2.19. The van der Waals surface area contributed by atoms with Crippen LogP contribution in [0, 0.1) is 0 Å². The highest BCUT2D eigenvalue weighted by atomic mass is 32.2. The summed E-state index contributed by atoms with van der Waals surface area (Å²) in [6.45, 7) is 3.90. The lowest BCUT2D eigenvalue weighted by molar-refractivity contribution is -0.120. The molecule has 6 nitrogen and oxygen atoms in total. The maximum Gasteiger partial charge on any atom is 0.233 e. The number of aryl methyl sites for hydroxylation is 1. The van der Waals surface area contributed by atoms with Crippen molar-refractivity contribution in [2.75, 3.05) is 7.11 Å². The molecule has 0 bridgehead atoms. The molecule has 0 radical (unpaired) electrons. The molecule has 2 aromatic carbocycles. The zero-order valence-electron chi connectivity index (χ0n) is 16.9. The van der Waals surface area contributed by atoms with Crippen LogP contribution in [0.1, 0.15) is 25.8 Å². The van der Waals surface area contributed by atoms with Gasteiger partial charge in [-0.2, -0.15) is 0 Å². The van der Waals surface area contributed by atoms with E-state index in [4.69, 9.17) is 4.74 Å². The first-order valence-corrected chi connectivity index (χ1v) is 10.5. The molecule has 0 aliphatic rings. The number of nitrogens with zero attached hydrogens (tertiary/aromatic N) is 2. The molecule has 1 aromatic heterocycles. The number of benzene rings is 2. The number of amides is 1. The minimum Gasteiger partial charge on any atom is -0.497 e. The minimum atomic E-state index is -0.284. The van der Waals surface area contributed by atoms with Crippen LogP contribution in [0.4, 0.5) is 0 Å². The van der Waals surface area contributed by atoms with Gasteiger partial charge < -0.3 is 10.1 Å². The number of nitrogens with one attached hydrogen (secondary N) is 2. The lowest BCUT2D eigenvalue weighted by Crippen LogP contribution is -2.37. The van der Waals surface area contributed by atoms with Gasteiger partial charge in [0.1, 0.15) is 5.75 Å². The van der Waals surface area contributed by atoms with Crippen molar-refractivity contribution >= 4 is 17.7 Å². The summed E-state index contributed by atoms with van der Waals surface area (Å²) in [5, 5.41) is 10.5. The summed E-state index contributed by atoms with van der Waals surface area (Å²) in [7, 11) is 1.63. The Hall–Kier alpha value is -2.80. The summed E-state index contributed by atoms with van der Waals surface area (Å²) < 4.78 is 5.17. The maximum absolute atomic E-state index is 12.5. The molecule has 1 amide bonds. The van der Waals surface area contributed by atoms with Crippen LogP contribution in [0.15, 0.2) is 59.8 Å². The van der Waals surface area contributed by atoms with Gasteiger partial charge in [0.25, 0.3) is 0 Å². The van der Waals surface area contributed by atoms with E-state index in [9.17, 15) is 4.79 Å². The first-order valence-electron chi connectivity index (χ1n) is 9.63. The molecule has 152 valence electrons. The second-order valence-electron chi connectivity index (χ2n) is 6.89. The predicted octanol–water partition coefficient (Wildman–Crippen LogP) is 4.10. The fraction of sp³-hybridized carbons (Fsp3) is 0.318. The summed E-state index contributed by atoms with van der Waals surface area (Å²) >= 11 is 1.34.